The van der Waals surface area contributed by atoms with Gasteiger partial charge < -0.3 is 9.72 Å². The van der Waals surface area contributed by atoms with Crippen LogP contribution < -0.4 is 4.74 Å². The van der Waals surface area contributed by atoms with Gasteiger partial charge in [-0.15, -0.1) is 18.3 Å². The fourth-order valence-corrected chi connectivity index (χ4v) is 2.80. The standard InChI is InChI=1S/C17H13F3N6O/c1-10-14(15-13-5-6-21-16(13)23-9-22-15)24-25-26(10)8-11-3-2-4-12(7-11)27-17(18,19)20/h2-7,9H,8H2,1H3,(H,21,22,23). The van der Waals surface area contributed by atoms with Crippen molar-refractivity contribution < 1.29 is 17.9 Å². The Morgan fingerprint density at radius 2 is 2.00 bits per heavy atom. The Labute approximate surface area is 150 Å². The quantitative estimate of drug-likeness (QED) is 0.592. The van der Waals surface area contributed by atoms with Crippen LogP contribution in [0.3, 0.4) is 0 Å². The molecule has 1 N–H and O–H groups in total. The highest BCUT2D eigenvalue weighted by atomic mass is 19.4. The second-order valence-corrected chi connectivity index (χ2v) is 5.84. The zero-order valence-electron chi connectivity index (χ0n) is 14.0. The van der Waals surface area contributed by atoms with Gasteiger partial charge in [0.1, 0.15) is 29.1 Å². The van der Waals surface area contributed by atoms with Crippen molar-refractivity contribution in [2.45, 2.75) is 19.8 Å². The van der Waals surface area contributed by atoms with E-state index in [-0.39, 0.29) is 12.3 Å². The van der Waals surface area contributed by atoms with E-state index < -0.39 is 6.36 Å². The molecule has 0 fully saturated rings. The molecule has 1 aromatic carbocycles. The Morgan fingerprint density at radius 1 is 1.15 bits per heavy atom. The summed E-state index contributed by atoms with van der Waals surface area (Å²) in [6.45, 7) is 2.07. The van der Waals surface area contributed by atoms with E-state index in [2.05, 4.69) is 30.0 Å². The summed E-state index contributed by atoms with van der Waals surface area (Å²) < 4.78 is 42.7. The monoisotopic (exact) mass is 374 g/mol. The van der Waals surface area contributed by atoms with Crippen molar-refractivity contribution in [3.05, 3.63) is 54.1 Å². The Hall–Kier alpha value is -3.43. The maximum absolute atomic E-state index is 12.4. The van der Waals surface area contributed by atoms with Crippen LogP contribution in [0.1, 0.15) is 11.3 Å². The van der Waals surface area contributed by atoms with Gasteiger partial charge in [-0.3, -0.25) is 0 Å². The minimum absolute atomic E-state index is 0.245. The highest BCUT2D eigenvalue weighted by molar-refractivity contribution is 5.89. The Balaban J connectivity index is 1.64. The summed E-state index contributed by atoms with van der Waals surface area (Å²) in [7, 11) is 0. The minimum Gasteiger partial charge on any atom is -0.406 e. The molecule has 138 valence electrons. The van der Waals surface area contributed by atoms with Gasteiger partial charge in [0, 0.05) is 11.6 Å². The number of rotatable bonds is 4. The third kappa shape index (κ3) is 3.46. The number of aromatic amines is 1. The lowest BCUT2D eigenvalue weighted by Crippen LogP contribution is -2.17. The van der Waals surface area contributed by atoms with E-state index in [4.69, 9.17) is 0 Å². The number of nitrogens with one attached hydrogen (secondary N) is 1. The molecule has 0 saturated heterocycles. The first-order valence-electron chi connectivity index (χ1n) is 7.94. The van der Waals surface area contributed by atoms with Gasteiger partial charge in [0.25, 0.3) is 0 Å². The van der Waals surface area contributed by atoms with Crippen LogP contribution in [0.25, 0.3) is 22.4 Å². The Kier molecular flexibility index (Phi) is 4.02. The molecule has 3 heterocycles. The first-order valence-corrected chi connectivity index (χ1v) is 7.94. The van der Waals surface area contributed by atoms with Crippen molar-refractivity contribution in [1.82, 2.24) is 29.9 Å². The summed E-state index contributed by atoms with van der Waals surface area (Å²) in [4.78, 5) is 11.4. The van der Waals surface area contributed by atoms with E-state index in [1.807, 2.05) is 13.0 Å². The molecule has 0 amide bonds. The molecule has 0 atom stereocenters. The summed E-state index contributed by atoms with van der Waals surface area (Å²) in [6.07, 6.45) is -1.54. The van der Waals surface area contributed by atoms with Gasteiger partial charge in [-0.2, -0.15) is 0 Å². The fraction of sp³-hybridized carbons (Fsp3) is 0.176. The zero-order chi connectivity index (χ0) is 19.0. The van der Waals surface area contributed by atoms with Gasteiger partial charge in [0.05, 0.1) is 12.2 Å². The molecular weight excluding hydrogens is 361 g/mol. The summed E-state index contributed by atoms with van der Waals surface area (Å²) in [6, 6.07) is 7.61. The highest BCUT2D eigenvalue weighted by Gasteiger charge is 2.31. The van der Waals surface area contributed by atoms with Crippen LogP contribution in [0.4, 0.5) is 13.2 Å². The lowest BCUT2D eigenvalue weighted by molar-refractivity contribution is -0.274. The maximum atomic E-state index is 12.4. The number of benzene rings is 1. The van der Waals surface area contributed by atoms with Crippen LogP contribution in [0.5, 0.6) is 5.75 Å². The predicted octanol–water partition coefficient (Wildman–Crippen LogP) is 3.47. The molecule has 3 aromatic heterocycles. The van der Waals surface area contributed by atoms with Gasteiger partial charge in [-0.1, -0.05) is 17.3 Å². The zero-order valence-corrected chi connectivity index (χ0v) is 14.0. The van der Waals surface area contributed by atoms with E-state index in [1.165, 1.54) is 24.5 Å². The number of hydrogen-bond acceptors (Lipinski definition) is 5. The number of fused-ring (bicyclic) bond motifs is 1. The summed E-state index contributed by atoms with van der Waals surface area (Å²) >= 11 is 0. The molecule has 4 rings (SSSR count). The number of alkyl halides is 3. The molecule has 0 radical (unpaired) electrons. The SMILES string of the molecule is Cc1c(-c2ncnc3[nH]ccc23)nnn1Cc1cccc(OC(F)(F)F)c1. The topological polar surface area (TPSA) is 81.5 Å². The average Bonchev–Trinajstić information content (AvgIpc) is 3.21. The molecule has 0 saturated carbocycles. The molecular formula is C17H13F3N6O. The van der Waals surface area contributed by atoms with Gasteiger partial charge >= 0.3 is 6.36 Å². The smallest absolute Gasteiger partial charge is 0.406 e. The van der Waals surface area contributed by atoms with Crippen molar-refractivity contribution >= 4 is 11.0 Å². The first-order chi connectivity index (χ1) is 12.9. The number of nitrogens with zero attached hydrogens (tertiary/aromatic N) is 5. The lowest BCUT2D eigenvalue weighted by atomic mass is 10.2. The first kappa shape index (κ1) is 17.0. The van der Waals surface area contributed by atoms with E-state index >= 15 is 0 Å². The molecule has 10 heteroatoms. The van der Waals surface area contributed by atoms with Crippen molar-refractivity contribution in [2.24, 2.45) is 0 Å². The van der Waals surface area contributed by atoms with Gasteiger partial charge in [-0.05, 0) is 30.7 Å². The molecule has 0 bridgehead atoms. The Bertz CT molecular complexity index is 1100. The third-order valence-corrected chi connectivity index (χ3v) is 4.03. The van der Waals surface area contributed by atoms with Crippen LogP contribution in [-0.4, -0.2) is 36.3 Å². The molecule has 27 heavy (non-hydrogen) atoms. The average molecular weight is 374 g/mol. The van der Waals surface area contributed by atoms with E-state index in [0.717, 1.165) is 11.1 Å². The Morgan fingerprint density at radius 3 is 2.81 bits per heavy atom. The molecule has 0 unspecified atom stereocenters. The van der Waals surface area contributed by atoms with Crippen molar-refractivity contribution in [3.8, 4) is 17.1 Å². The number of ether oxygens (including phenoxy) is 1. The van der Waals surface area contributed by atoms with Gasteiger partial charge in [0.15, 0.2) is 0 Å². The largest absolute Gasteiger partial charge is 0.573 e. The lowest BCUT2D eigenvalue weighted by Gasteiger charge is -2.10. The van der Waals surface area contributed by atoms with Crippen LogP contribution in [0.15, 0.2) is 42.9 Å². The molecule has 4 aromatic rings. The third-order valence-electron chi connectivity index (χ3n) is 4.03. The molecule has 0 aliphatic carbocycles. The second-order valence-electron chi connectivity index (χ2n) is 5.84. The number of H-pyrrole nitrogens is 1. The number of hydrogen-bond donors (Lipinski definition) is 1. The predicted molar refractivity (Wildman–Crippen MR) is 89.9 cm³/mol. The van der Waals surface area contributed by atoms with Crippen molar-refractivity contribution in [3.63, 3.8) is 0 Å². The van der Waals surface area contributed by atoms with Crippen molar-refractivity contribution in [1.29, 1.82) is 0 Å². The van der Waals surface area contributed by atoms with Gasteiger partial charge in [-0.25, -0.2) is 14.6 Å². The second kappa shape index (κ2) is 6.38. The van der Waals surface area contributed by atoms with E-state index in [9.17, 15) is 13.2 Å². The van der Waals surface area contributed by atoms with Crippen molar-refractivity contribution in [2.75, 3.05) is 0 Å². The normalized spacial score (nSPS) is 11.9. The summed E-state index contributed by atoms with van der Waals surface area (Å²) in [5.41, 5.74) is 3.25. The van der Waals surface area contributed by atoms with Gasteiger partial charge in [0.2, 0.25) is 0 Å². The molecule has 7 nitrogen and oxygen atoms in total. The van der Waals surface area contributed by atoms with Crippen LogP contribution in [0, 0.1) is 6.92 Å². The molecule has 0 spiro atoms. The van der Waals surface area contributed by atoms with Crippen LogP contribution >= 0.6 is 0 Å². The molecule has 0 aliphatic heterocycles. The summed E-state index contributed by atoms with van der Waals surface area (Å²) in [5, 5.41) is 9.12. The van der Waals surface area contributed by atoms with E-state index in [1.54, 1.807) is 16.9 Å². The fourth-order valence-electron chi connectivity index (χ4n) is 2.80. The van der Waals surface area contributed by atoms with E-state index in [0.29, 0.717) is 22.6 Å². The highest BCUT2D eigenvalue weighted by Crippen LogP contribution is 2.27. The maximum Gasteiger partial charge on any atom is 0.573 e. The number of aromatic nitrogens is 6. The van der Waals surface area contributed by atoms with Crippen LogP contribution in [0.2, 0.25) is 0 Å². The van der Waals surface area contributed by atoms with Crippen LogP contribution in [-0.2, 0) is 6.54 Å². The number of halogens is 3. The minimum atomic E-state index is -4.73. The molecule has 0 aliphatic rings. The summed E-state index contributed by atoms with van der Waals surface area (Å²) in [5.74, 6) is -0.275.